The molecule has 0 bridgehead atoms. The molecule has 0 saturated heterocycles. The summed E-state index contributed by atoms with van der Waals surface area (Å²) in [7, 11) is -2.20. The second-order valence-corrected chi connectivity index (χ2v) is 7.43. The van der Waals surface area contributed by atoms with Crippen LogP contribution in [0.1, 0.15) is 13.8 Å². The Morgan fingerprint density at radius 3 is 2.10 bits per heavy atom. The highest BCUT2D eigenvalue weighted by atomic mass is 32.2. The lowest BCUT2D eigenvalue weighted by molar-refractivity contribution is -0.130. The van der Waals surface area contributed by atoms with E-state index >= 15 is 0 Å². The average Bonchev–Trinajstić information content (AvgIpc) is 2.48. The molecule has 1 aromatic carbocycles. The van der Waals surface area contributed by atoms with Gasteiger partial charge >= 0.3 is 0 Å². The molecular weight excluding hydrogens is 308 g/mol. The zero-order valence-electron chi connectivity index (χ0n) is 12.9. The highest BCUT2D eigenvalue weighted by Gasteiger charge is 2.24. The van der Waals surface area contributed by atoms with Crippen LogP contribution < -0.4 is 0 Å². The Labute approximate surface area is 131 Å². The molecule has 118 valence electrons. The van der Waals surface area contributed by atoms with E-state index in [0.717, 1.165) is 9.20 Å². The van der Waals surface area contributed by atoms with Gasteiger partial charge in [0, 0.05) is 25.0 Å². The second-order valence-electron chi connectivity index (χ2n) is 4.50. The number of likely N-dealkylation sites (N-methyl/N-ethyl adjacent to an activating group) is 2. The first-order chi connectivity index (χ1) is 9.86. The Morgan fingerprint density at radius 2 is 1.67 bits per heavy atom. The number of nitrogens with zero attached hydrogens (tertiary/aromatic N) is 2. The minimum atomic E-state index is -3.63. The smallest absolute Gasteiger partial charge is 0.243 e. The van der Waals surface area contributed by atoms with Gasteiger partial charge in [-0.3, -0.25) is 4.79 Å². The fraction of sp³-hybridized carbons (Fsp3) is 0.500. The number of sulfonamides is 1. The summed E-state index contributed by atoms with van der Waals surface area (Å²) in [5.74, 6) is -0.188. The molecule has 0 fully saturated rings. The monoisotopic (exact) mass is 330 g/mol. The quantitative estimate of drug-likeness (QED) is 0.717. The van der Waals surface area contributed by atoms with Crippen LogP contribution in [0.25, 0.3) is 0 Å². The Morgan fingerprint density at radius 1 is 1.14 bits per heavy atom. The molecule has 0 radical (unpaired) electrons. The van der Waals surface area contributed by atoms with Crippen molar-refractivity contribution in [1.29, 1.82) is 0 Å². The Balaban J connectivity index is 2.88. The summed E-state index contributed by atoms with van der Waals surface area (Å²) in [5.41, 5.74) is 0. The van der Waals surface area contributed by atoms with Crippen LogP contribution >= 0.6 is 11.8 Å². The number of amides is 1. The topological polar surface area (TPSA) is 57.7 Å². The number of rotatable bonds is 7. The van der Waals surface area contributed by atoms with Crippen molar-refractivity contribution in [2.24, 2.45) is 0 Å². The van der Waals surface area contributed by atoms with E-state index in [1.807, 2.05) is 20.1 Å². The van der Waals surface area contributed by atoms with Gasteiger partial charge in [0.1, 0.15) is 0 Å². The van der Waals surface area contributed by atoms with Crippen molar-refractivity contribution >= 4 is 27.7 Å². The molecule has 0 heterocycles. The first-order valence-corrected chi connectivity index (χ1v) is 9.41. The highest BCUT2D eigenvalue weighted by Crippen LogP contribution is 2.19. The van der Waals surface area contributed by atoms with E-state index in [9.17, 15) is 13.2 Å². The van der Waals surface area contributed by atoms with Gasteiger partial charge in [0.2, 0.25) is 15.9 Å². The van der Waals surface area contributed by atoms with Crippen molar-refractivity contribution in [3.05, 3.63) is 24.3 Å². The van der Waals surface area contributed by atoms with Crippen LogP contribution in [0.4, 0.5) is 0 Å². The van der Waals surface area contributed by atoms with Gasteiger partial charge in [-0.1, -0.05) is 0 Å². The number of carbonyl (C=O) groups excluding carboxylic acids is 1. The molecule has 0 saturated carbocycles. The maximum atomic E-state index is 12.4. The maximum absolute atomic E-state index is 12.4. The summed E-state index contributed by atoms with van der Waals surface area (Å²) in [4.78, 5) is 14.8. The molecule has 0 aliphatic heterocycles. The van der Waals surface area contributed by atoms with Gasteiger partial charge in [0.05, 0.1) is 11.4 Å². The predicted molar refractivity (Wildman–Crippen MR) is 86.0 cm³/mol. The molecular formula is C14H22N2O3S2. The summed E-state index contributed by atoms with van der Waals surface area (Å²) < 4.78 is 25.9. The zero-order chi connectivity index (χ0) is 16.0. The van der Waals surface area contributed by atoms with Crippen molar-refractivity contribution < 1.29 is 13.2 Å². The van der Waals surface area contributed by atoms with Crippen molar-refractivity contribution in [2.75, 3.05) is 32.9 Å². The molecule has 5 nitrogen and oxygen atoms in total. The average molecular weight is 330 g/mol. The van der Waals surface area contributed by atoms with Gasteiger partial charge in [0.25, 0.3) is 0 Å². The fourth-order valence-corrected chi connectivity index (χ4v) is 3.41. The van der Waals surface area contributed by atoms with Gasteiger partial charge in [0.15, 0.2) is 0 Å². The van der Waals surface area contributed by atoms with Crippen LogP contribution in [0.15, 0.2) is 34.1 Å². The lowest BCUT2D eigenvalue weighted by Crippen LogP contribution is -2.40. The second kappa shape index (κ2) is 7.82. The van der Waals surface area contributed by atoms with Gasteiger partial charge in [-0.2, -0.15) is 4.31 Å². The number of carbonyl (C=O) groups is 1. The summed E-state index contributed by atoms with van der Waals surface area (Å²) in [5, 5.41) is 0. The SMILES string of the molecule is CCN(CC)C(=O)CN(C)S(=O)(=O)c1ccc(SC)cc1. The van der Waals surface area contributed by atoms with E-state index in [2.05, 4.69) is 0 Å². The third-order valence-electron chi connectivity index (χ3n) is 3.24. The van der Waals surface area contributed by atoms with E-state index in [0.29, 0.717) is 13.1 Å². The molecule has 1 rings (SSSR count). The molecule has 0 aliphatic rings. The van der Waals surface area contributed by atoms with Gasteiger partial charge in [-0.05, 0) is 44.4 Å². The number of hydrogen-bond acceptors (Lipinski definition) is 4. The lowest BCUT2D eigenvalue weighted by atomic mass is 10.4. The normalized spacial score (nSPS) is 11.7. The van der Waals surface area contributed by atoms with E-state index < -0.39 is 10.0 Å². The van der Waals surface area contributed by atoms with Crippen LogP contribution in [-0.4, -0.2) is 56.5 Å². The van der Waals surface area contributed by atoms with Crippen molar-refractivity contribution in [3.63, 3.8) is 0 Å². The Kier molecular flexibility index (Phi) is 6.70. The molecule has 0 unspecified atom stereocenters. The van der Waals surface area contributed by atoms with Gasteiger partial charge < -0.3 is 4.90 Å². The molecule has 0 aromatic heterocycles. The zero-order valence-corrected chi connectivity index (χ0v) is 14.5. The lowest BCUT2D eigenvalue weighted by Gasteiger charge is -2.23. The van der Waals surface area contributed by atoms with E-state index in [4.69, 9.17) is 0 Å². The largest absolute Gasteiger partial charge is 0.342 e. The molecule has 7 heteroatoms. The number of hydrogen-bond donors (Lipinski definition) is 0. The molecule has 0 atom stereocenters. The first-order valence-electron chi connectivity index (χ1n) is 6.75. The number of thioether (sulfide) groups is 1. The Bertz CT molecular complexity index is 566. The minimum absolute atomic E-state index is 0.145. The summed E-state index contributed by atoms with van der Waals surface area (Å²) in [6.45, 7) is 4.75. The molecule has 0 spiro atoms. The van der Waals surface area contributed by atoms with Gasteiger partial charge in [-0.15, -0.1) is 11.8 Å². The van der Waals surface area contributed by atoms with Crippen LogP contribution in [-0.2, 0) is 14.8 Å². The minimum Gasteiger partial charge on any atom is -0.342 e. The van der Waals surface area contributed by atoms with E-state index in [-0.39, 0.29) is 17.3 Å². The van der Waals surface area contributed by atoms with Crippen LogP contribution in [0.2, 0.25) is 0 Å². The third-order valence-corrected chi connectivity index (χ3v) is 5.80. The molecule has 0 aliphatic carbocycles. The molecule has 1 aromatic rings. The first kappa shape index (κ1) is 18.0. The number of benzene rings is 1. The molecule has 21 heavy (non-hydrogen) atoms. The van der Waals surface area contributed by atoms with Crippen molar-refractivity contribution in [3.8, 4) is 0 Å². The van der Waals surface area contributed by atoms with Crippen LogP contribution in [0, 0.1) is 0 Å². The standard InChI is InChI=1S/C14H22N2O3S2/c1-5-16(6-2)14(17)11-15(3)21(18,19)13-9-7-12(20-4)8-10-13/h7-10H,5-6,11H2,1-4H3. The van der Waals surface area contributed by atoms with Crippen molar-refractivity contribution in [2.45, 2.75) is 23.6 Å². The fourth-order valence-electron chi connectivity index (χ4n) is 1.88. The summed E-state index contributed by atoms with van der Waals surface area (Å²) in [6.07, 6.45) is 1.93. The van der Waals surface area contributed by atoms with Crippen LogP contribution in [0.5, 0.6) is 0 Å². The summed E-state index contributed by atoms with van der Waals surface area (Å²) >= 11 is 1.55. The highest BCUT2D eigenvalue weighted by molar-refractivity contribution is 7.98. The molecule has 0 N–H and O–H groups in total. The van der Waals surface area contributed by atoms with Crippen LogP contribution in [0.3, 0.4) is 0 Å². The van der Waals surface area contributed by atoms with E-state index in [1.54, 1.807) is 40.9 Å². The molecule has 1 amide bonds. The Hall–Kier alpha value is -1.05. The van der Waals surface area contributed by atoms with Crippen molar-refractivity contribution in [1.82, 2.24) is 9.21 Å². The third kappa shape index (κ3) is 4.46. The predicted octanol–water partition coefficient (Wildman–Crippen LogP) is 1.90. The maximum Gasteiger partial charge on any atom is 0.243 e. The van der Waals surface area contributed by atoms with Gasteiger partial charge in [-0.25, -0.2) is 8.42 Å². The van der Waals surface area contributed by atoms with E-state index in [1.165, 1.54) is 7.05 Å². The summed E-state index contributed by atoms with van der Waals surface area (Å²) in [6, 6.07) is 6.66.